The zero-order chi connectivity index (χ0) is 13.0. The summed E-state index contributed by atoms with van der Waals surface area (Å²) in [6.07, 6.45) is 5.55. The molecule has 0 radical (unpaired) electrons. The van der Waals surface area contributed by atoms with Crippen LogP contribution in [0.2, 0.25) is 0 Å². The number of nitrogens with one attached hydrogen (secondary N) is 1. The van der Waals surface area contributed by atoms with E-state index < -0.39 is 0 Å². The van der Waals surface area contributed by atoms with Crippen LogP contribution in [0.3, 0.4) is 0 Å². The Morgan fingerprint density at radius 3 is 2.89 bits per heavy atom. The van der Waals surface area contributed by atoms with Crippen molar-refractivity contribution in [1.82, 2.24) is 10.2 Å². The summed E-state index contributed by atoms with van der Waals surface area (Å²) < 4.78 is 1.08. The van der Waals surface area contributed by atoms with Crippen molar-refractivity contribution in [3.05, 3.63) is 26.9 Å². The van der Waals surface area contributed by atoms with Crippen LogP contribution in [0.15, 0.2) is 21.3 Å². The summed E-state index contributed by atoms with van der Waals surface area (Å²) in [5.41, 5.74) is 1.06. The summed E-state index contributed by atoms with van der Waals surface area (Å²) in [4.78, 5) is 14.0. The van der Waals surface area contributed by atoms with Crippen LogP contribution in [-0.2, 0) is 4.79 Å². The number of carbonyl (C=O) groups excluding carboxylic acids is 1. The second kappa shape index (κ2) is 6.50. The number of nitrogens with zero attached hydrogens (tertiary/aromatic N) is 1. The molecule has 0 unspecified atom stereocenters. The first kappa shape index (κ1) is 13.8. The van der Waals surface area contributed by atoms with Gasteiger partial charge in [0.2, 0.25) is 5.91 Å². The first-order valence-corrected chi connectivity index (χ1v) is 7.72. The highest BCUT2D eigenvalue weighted by atomic mass is 79.9. The maximum atomic E-state index is 11.8. The number of thiophene rings is 1. The molecule has 0 bridgehead atoms. The first-order chi connectivity index (χ1) is 8.63. The molecule has 98 valence electrons. The van der Waals surface area contributed by atoms with Gasteiger partial charge in [-0.05, 0) is 72.0 Å². The third-order valence-electron chi connectivity index (χ3n) is 3.08. The molecule has 1 aliphatic rings. The zero-order valence-electron chi connectivity index (χ0n) is 10.4. The lowest BCUT2D eigenvalue weighted by Gasteiger charge is -2.29. The number of rotatable bonds is 3. The van der Waals surface area contributed by atoms with Crippen molar-refractivity contribution in [1.29, 1.82) is 0 Å². The number of likely N-dealkylation sites (tertiary alicyclic amines) is 1. The SMILES string of the molecule is CN1CCC(NC(=O)/C=C/c2csc(Br)c2)CC1. The van der Waals surface area contributed by atoms with Gasteiger partial charge in [0.05, 0.1) is 3.79 Å². The molecule has 1 aromatic rings. The van der Waals surface area contributed by atoms with Gasteiger partial charge in [-0.25, -0.2) is 0 Å². The van der Waals surface area contributed by atoms with Crippen LogP contribution < -0.4 is 5.32 Å². The fourth-order valence-electron chi connectivity index (χ4n) is 1.98. The minimum Gasteiger partial charge on any atom is -0.350 e. The highest BCUT2D eigenvalue weighted by molar-refractivity contribution is 9.11. The molecule has 2 heterocycles. The van der Waals surface area contributed by atoms with Crippen molar-refractivity contribution >= 4 is 39.2 Å². The van der Waals surface area contributed by atoms with Crippen LogP contribution in [-0.4, -0.2) is 37.0 Å². The quantitative estimate of drug-likeness (QED) is 0.865. The average molecular weight is 329 g/mol. The molecular weight excluding hydrogens is 312 g/mol. The lowest BCUT2D eigenvalue weighted by molar-refractivity contribution is -0.117. The Bertz CT molecular complexity index is 436. The molecule has 1 fully saturated rings. The number of piperidine rings is 1. The second-order valence-corrected chi connectivity index (χ2v) is 6.89. The third kappa shape index (κ3) is 4.23. The zero-order valence-corrected chi connectivity index (χ0v) is 12.8. The van der Waals surface area contributed by atoms with Gasteiger partial charge in [-0.15, -0.1) is 11.3 Å². The molecule has 1 aliphatic heterocycles. The van der Waals surface area contributed by atoms with Crippen molar-refractivity contribution in [3.63, 3.8) is 0 Å². The Labute approximate surface area is 120 Å². The van der Waals surface area contributed by atoms with E-state index in [-0.39, 0.29) is 5.91 Å². The molecule has 0 aliphatic carbocycles. The molecule has 1 saturated heterocycles. The Kier molecular flexibility index (Phi) is 4.97. The summed E-state index contributed by atoms with van der Waals surface area (Å²) >= 11 is 5.02. The molecular formula is C13H17BrN2OS. The molecule has 1 amide bonds. The van der Waals surface area contributed by atoms with E-state index in [0.717, 1.165) is 35.3 Å². The largest absolute Gasteiger partial charge is 0.350 e. The Hall–Kier alpha value is -0.650. The van der Waals surface area contributed by atoms with Crippen LogP contribution in [0.25, 0.3) is 6.08 Å². The minimum absolute atomic E-state index is 0.00637. The van der Waals surface area contributed by atoms with Gasteiger partial charge in [0.25, 0.3) is 0 Å². The van der Waals surface area contributed by atoms with Gasteiger partial charge in [-0.3, -0.25) is 4.79 Å². The lowest BCUT2D eigenvalue weighted by atomic mass is 10.1. The summed E-state index contributed by atoms with van der Waals surface area (Å²) in [5.74, 6) is 0.00637. The Balaban J connectivity index is 1.80. The number of hydrogen-bond donors (Lipinski definition) is 1. The predicted molar refractivity (Wildman–Crippen MR) is 79.7 cm³/mol. The van der Waals surface area contributed by atoms with Crippen molar-refractivity contribution in [2.45, 2.75) is 18.9 Å². The first-order valence-electron chi connectivity index (χ1n) is 6.04. The summed E-state index contributed by atoms with van der Waals surface area (Å²) in [7, 11) is 2.12. The van der Waals surface area contributed by atoms with Gasteiger partial charge in [-0.2, -0.15) is 0 Å². The van der Waals surface area contributed by atoms with Gasteiger partial charge in [0.1, 0.15) is 0 Å². The van der Waals surface area contributed by atoms with Gasteiger partial charge < -0.3 is 10.2 Å². The highest BCUT2D eigenvalue weighted by Gasteiger charge is 2.17. The van der Waals surface area contributed by atoms with Crippen molar-refractivity contribution in [3.8, 4) is 0 Å². The van der Waals surface area contributed by atoms with Gasteiger partial charge in [-0.1, -0.05) is 0 Å². The monoisotopic (exact) mass is 328 g/mol. The van der Waals surface area contributed by atoms with E-state index in [0.29, 0.717) is 6.04 Å². The van der Waals surface area contributed by atoms with Crippen molar-refractivity contribution < 1.29 is 4.79 Å². The molecule has 0 saturated carbocycles. The summed E-state index contributed by atoms with van der Waals surface area (Å²) in [6.45, 7) is 2.12. The fourth-order valence-corrected chi connectivity index (χ4v) is 3.13. The normalized spacial score (nSPS) is 18.3. The summed E-state index contributed by atoms with van der Waals surface area (Å²) in [6, 6.07) is 2.33. The Morgan fingerprint density at radius 1 is 1.56 bits per heavy atom. The van der Waals surface area contributed by atoms with Crippen molar-refractivity contribution in [2.24, 2.45) is 0 Å². The Morgan fingerprint density at radius 2 is 2.28 bits per heavy atom. The number of halogens is 1. The van der Waals surface area contributed by atoms with E-state index in [1.165, 1.54) is 0 Å². The van der Waals surface area contributed by atoms with E-state index in [2.05, 4.69) is 33.2 Å². The lowest BCUT2D eigenvalue weighted by Crippen LogP contribution is -2.42. The van der Waals surface area contributed by atoms with Gasteiger partial charge in [0, 0.05) is 12.1 Å². The van der Waals surface area contributed by atoms with Crippen LogP contribution >= 0.6 is 27.3 Å². The molecule has 0 aromatic carbocycles. The van der Waals surface area contributed by atoms with Crippen LogP contribution in [0, 0.1) is 0 Å². The van der Waals surface area contributed by atoms with Crippen LogP contribution in [0.1, 0.15) is 18.4 Å². The molecule has 0 atom stereocenters. The molecule has 18 heavy (non-hydrogen) atoms. The van der Waals surface area contributed by atoms with E-state index in [4.69, 9.17) is 0 Å². The molecule has 1 aromatic heterocycles. The molecule has 5 heteroatoms. The third-order valence-corrected chi connectivity index (χ3v) is 4.60. The van der Waals surface area contributed by atoms with Crippen LogP contribution in [0.5, 0.6) is 0 Å². The predicted octanol–water partition coefficient (Wildman–Crippen LogP) is 2.73. The average Bonchev–Trinajstić information content (AvgIpc) is 2.76. The highest BCUT2D eigenvalue weighted by Crippen LogP contribution is 2.21. The van der Waals surface area contributed by atoms with Gasteiger partial charge >= 0.3 is 0 Å². The molecule has 3 nitrogen and oxygen atoms in total. The van der Waals surface area contributed by atoms with Crippen LogP contribution in [0.4, 0.5) is 0 Å². The number of amides is 1. The van der Waals surface area contributed by atoms with Crippen molar-refractivity contribution in [2.75, 3.05) is 20.1 Å². The van der Waals surface area contributed by atoms with E-state index in [1.54, 1.807) is 17.4 Å². The smallest absolute Gasteiger partial charge is 0.244 e. The summed E-state index contributed by atoms with van der Waals surface area (Å²) in [5, 5.41) is 5.07. The van der Waals surface area contributed by atoms with E-state index in [1.807, 2.05) is 17.5 Å². The van der Waals surface area contributed by atoms with E-state index in [9.17, 15) is 4.79 Å². The number of hydrogen-bond acceptors (Lipinski definition) is 3. The fraction of sp³-hybridized carbons (Fsp3) is 0.462. The number of carbonyl (C=O) groups is 1. The van der Waals surface area contributed by atoms with E-state index >= 15 is 0 Å². The molecule has 1 N–H and O–H groups in total. The second-order valence-electron chi connectivity index (χ2n) is 4.60. The molecule has 0 spiro atoms. The molecule has 2 rings (SSSR count). The topological polar surface area (TPSA) is 32.3 Å². The van der Waals surface area contributed by atoms with Gasteiger partial charge in [0.15, 0.2) is 0 Å². The maximum Gasteiger partial charge on any atom is 0.244 e. The minimum atomic E-state index is 0.00637. The maximum absolute atomic E-state index is 11.8. The standard InChI is InChI=1S/C13H17BrN2OS/c1-16-6-4-11(5-7-16)15-13(17)3-2-10-8-12(14)18-9-10/h2-3,8-9,11H,4-7H2,1H3,(H,15,17)/b3-2+.